The second kappa shape index (κ2) is 9.79. The summed E-state index contributed by atoms with van der Waals surface area (Å²) in [5.74, 6) is 1.09. The molecule has 0 saturated heterocycles. The predicted molar refractivity (Wildman–Crippen MR) is 162 cm³/mol. The van der Waals surface area contributed by atoms with Crippen LogP contribution in [0, 0.1) is 0 Å². The first-order chi connectivity index (χ1) is 19.2. The summed E-state index contributed by atoms with van der Waals surface area (Å²) in [4.78, 5) is 13.7. The van der Waals surface area contributed by atoms with Gasteiger partial charge >= 0.3 is 0 Å². The highest BCUT2D eigenvalue weighted by Crippen LogP contribution is 2.39. The van der Waals surface area contributed by atoms with E-state index in [1.54, 1.807) is 0 Å². The molecule has 0 saturated carbocycles. The fraction of sp³-hybridized carbons (Fsp3) is 0. The molecule has 0 aliphatic carbocycles. The molecule has 0 atom stereocenters. The van der Waals surface area contributed by atoms with Crippen LogP contribution in [0.4, 0.5) is 0 Å². The molecular formula is C35H22ClN3. The summed E-state index contributed by atoms with van der Waals surface area (Å²) in [7, 11) is 0. The lowest BCUT2D eigenvalue weighted by molar-refractivity contribution is 1.07. The number of aromatic nitrogens is 3. The molecule has 0 spiro atoms. The predicted octanol–water partition coefficient (Wildman–Crippen LogP) is 9.50. The monoisotopic (exact) mass is 519 g/mol. The van der Waals surface area contributed by atoms with Gasteiger partial charge in [-0.25, -0.2) is 4.98 Å². The van der Waals surface area contributed by atoms with Crippen molar-refractivity contribution in [1.29, 1.82) is 0 Å². The van der Waals surface area contributed by atoms with Crippen LogP contribution < -0.4 is 0 Å². The SMILES string of the molecule is Clc1nc(-c2ccccc2)nc(-c2ccc(-c3ccc4ccccc4c3)c(-c3cccc4ccccc34)c2)n1. The van der Waals surface area contributed by atoms with Gasteiger partial charge in [0.25, 0.3) is 0 Å². The maximum atomic E-state index is 6.41. The van der Waals surface area contributed by atoms with Gasteiger partial charge in [0.15, 0.2) is 11.6 Å². The minimum Gasteiger partial charge on any atom is -0.208 e. The zero-order valence-corrected chi connectivity index (χ0v) is 21.7. The number of fused-ring (bicyclic) bond motifs is 2. The first-order valence-corrected chi connectivity index (χ1v) is 13.2. The van der Waals surface area contributed by atoms with Crippen molar-refractivity contribution in [2.24, 2.45) is 0 Å². The van der Waals surface area contributed by atoms with Crippen molar-refractivity contribution in [2.45, 2.75) is 0 Å². The van der Waals surface area contributed by atoms with Crippen molar-refractivity contribution in [3.05, 3.63) is 139 Å². The van der Waals surface area contributed by atoms with E-state index in [9.17, 15) is 0 Å². The highest BCUT2D eigenvalue weighted by Gasteiger charge is 2.15. The van der Waals surface area contributed by atoms with Gasteiger partial charge in [0.05, 0.1) is 0 Å². The van der Waals surface area contributed by atoms with Gasteiger partial charge in [-0.15, -0.1) is 0 Å². The van der Waals surface area contributed by atoms with Gasteiger partial charge in [0, 0.05) is 11.1 Å². The lowest BCUT2D eigenvalue weighted by Gasteiger charge is -2.15. The molecule has 1 heterocycles. The van der Waals surface area contributed by atoms with Gasteiger partial charge in [-0.05, 0) is 67.5 Å². The Kier molecular flexibility index (Phi) is 5.84. The summed E-state index contributed by atoms with van der Waals surface area (Å²) in [5.41, 5.74) is 6.33. The molecule has 6 aromatic carbocycles. The molecule has 4 heteroatoms. The third kappa shape index (κ3) is 4.43. The van der Waals surface area contributed by atoms with Crippen LogP contribution in [-0.4, -0.2) is 15.0 Å². The summed E-state index contributed by atoms with van der Waals surface area (Å²) in [5, 5.41) is 4.99. The van der Waals surface area contributed by atoms with Crippen molar-refractivity contribution < 1.29 is 0 Å². The Balaban J connectivity index is 1.46. The second-order valence-electron chi connectivity index (χ2n) is 9.47. The molecule has 0 bridgehead atoms. The van der Waals surface area contributed by atoms with E-state index in [0.29, 0.717) is 11.6 Å². The molecule has 0 aliphatic rings. The highest BCUT2D eigenvalue weighted by atomic mass is 35.5. The lowest BCUT2D eigenvalue weighted by atomic mass is 9.89. The Morgan fingerprint density at radius 3 is 1.90 bits per heavy atom. The normalized spacial score (nSPS) is 11.2. The Morgan fingerprint density at radius 2 is 1.05 bits per heavy atom. The lowest BCUT2D eigenvalue weighted by Crippen LogP contribution is -1.98. The largest absolute Gasteiger partial charge is 0.226 e. The molecule has 7 aromatic rings. The van der Waals surface area contributed by atoms with Gasteiger partial charge < -0.3 is 0 Å². The zero-order chi connectivity index (χ0) is 26.2. The number of hydrogen-bond acceptors (Lipinski definition) is 3. The van der Waals surface area contributed by atoms with Crippen LogP contribution in [0.25, 0.3) is 66.6 Å². The average molecular weight is 520 g/mol. The number of benzene rings is 6. The number of hydrogen-bond donors (Lipinski definition) is 0. The van der Waals surface area contributed by atoms with Crippen LogP contribution in [-0.2, 0) is 0 Å². The Morgan fingerprint density at radius 1 is 0.385 bits per heavy atom. The summed E-state index contributed by atoms with van der Waals surface area (Å²) in [6.45, 7) is 0. The van der Waals surface area contributed by atoms with E-state index in [2.05, 4.69) is 113 Å². The van der Waals surface area contributed by atoms with Crippen molar-refractivity contribution in [3.8, 4) is 45.0 Å². The van der Waals surface area contributed by atoms with Crippen LogP contribution in [0.1, 0.15) is 0 Å². The fourth-order valence-corrected chi connectivity index (χ4v) is 5.33. The van der Waals surface area contributed by atoms with Gasteiger partial charge in [0.2, 0.25) is 5.28 Å². The Labute approximate surface area is 231 Å². The van der Waals surface area contributed by atoms with Crippen LogP contribution in [0.15, 0.2) is 133 Å². The second-order valence-corrected chi connectivity index (χ2v) is 9.80. The van der Waals surface area contributed by atoms with Crippen LogP contribution in [0.5, 0.6) is 0 Å². The molecular weight excluding hydrogens is 498 g/mol. The molecule has 0 aliphatic heterocycles. The molecule has 0 radical (unpaired) electrons. The van der Waals surface area contributed by atoms with E-state index >= 15 is 0 Å². The van der Waals surface area contributed by atoms with Gasteiger partial charge in [0.1, 0.15) is 0 Å². The van der Waals surface area contributed by atoms with Crippen molar-refractivity contribution in [1.82, 2.24) is 15.0 Å². The first kappa shape index (κ1) is 23.3. The summed E-state index contributed by atoms with van der Waals surface area (Å²) >= 11 is 6.41. The topological polar surface area (TPSA) is 38.7 Å². The molecule has 184 valence electrons. The zero-order valence-electron chi connectivity index (χ0n) is 20.9. The fourth-order valence-electron chi connectivity index (χ4n) is 5.17. The minimum atomic E-state index is 0.171. The third-order valence-electron chi connectivity index (χ3n) is 7.06. The molecule has 1 aromatic heterocycles. The number of rotatable bonds is 4. The Bertz CT molecular complexity index is 1980. The minimum absolute atomic E-state index is 0.171. The molecule has 7 rings (SSSR count). The maximum absolute atomic E-state index is 6.41. The Hall–Kier alpha value is -4.86. The average Bonchev–Trinajstić information content (AvgIpc) is 3.00. The van der Waals surface area contributed by atoms with Gasteiger partial charge in [-0.2, -0.15) is 9.97 Å². The van der Waals surface area contributed by atoms with E-state index in [4.69, 9.17) is 16.6 Å². The van der Waals surface area contributed by atoms with Gasteiger partial charge in [-0.1, -0.05) is 121 Å². The molecule has 3 nitrogen and oxygen atoms in total. The standard InChI is InChI=1S/C35H22ClN3/c36-35-38-33(25-11-2-1-3-12-25)37-34(39-35)28-19-20-30(27-18-17-23-9-4-5-13-26(23)21-27)32(22-28)31-16-8-14-24-10-6-7-15-29(24)31/h1-22H. The smallest absolute Gasteiger partial charge is 0.208 e. The van der Waals surface area contributed by atoms with E-state index in [1.807, 2.05) is 30.3 Å². The van der Waals surface area contributed by atoms with Crippen LogP contribution >= 0.6 is 11.6 Å². The van der Waals surface area contributed by atoms with E-state index in [0.717, 1.165) is 33.4 Å². The molecule has 0 unspecified atom stereocenters. The quantitative estimate of drug-likeness (QED) is 0.232. The summed E-state index contributed by atoms with van der Waals surface area (Å²) < 4.78 is 0. The first-order valence-electron chi connectivity index (χ1n) is 12.8. The third-order valence-corrected chi connectivity index (χ3v) is 7.23. The van der Waals surface area contributed by atoms with E-state index in [1.165, 1.54) is 21.5 Å². The van der Waals surface area contributed by atoms with Crippen LogP contribution in [0.2, 0.25) is 5.28 Å². The molecule has 0 N–H and O–H groups in total. The van der Waals surface area contributed by atoms with Crippen molar-refractivity contribution in [2.75, 3.05) is 0 Å². The summed E-state index contributed by atoms with van der Waals surface area (Å²) in [6.07, 6.45) is 0. The number of halogens is 1. The van der Waals surface area contributed by atoms with Crippen LogP contribution in [0.3, 0.4) is 0 Å². The van der Waals surface area contributed by atoms with Crippen molar-refractivity contribution >= 4 is 33.1 Å². The highest BCUT2D eigenvalue weighted by molar-refractivity contribution is 6.28. The molecule has 0 amide bonds. The maximum Gasteiger partial charge on any atom is 0.226 e. The van der Waals surface area contributed by atoms with Crippen molar-refractivity contribution in [3.63, 3.8) is 0 Å². The van der Waals surface area contributed by atoms with E-state index in [-0.39, 0.29) is 5.28 Å². The van der Waals surface area contributed by atoms with Gasteiger partial charge in [-0.3, -0.25) is 0 Å². The molecule has 39 heavy (non-hydrogen) atoms. The molecule has 0 fully saturated rings. The number of nitrogens with zero attached hydrogens (tertiary/aromatic N) is 3. The van der Waals surface area contributed by atoms with E-state index < -0.39 is 0 Å². The summed E-state index contributed by atoms with van der Waals surface area (Å²) in [6, 6.07) is 46.3.